The molecule has 2 N–H and O–H groups in total. The Balaban J connectivity index is 2.16. The average Bonchev–Trinajstić information content (AvgIpc) is 2.76. The Kier molecular flexibility index (Phi) is 3.73. The van der Waals surface area contributed by atoms with Gasteiger partial charge >= 0.3 is 0 Å². The highest BCUT2D eigenvalue weighted by Crippen LogP contribution is 2.15. The highest BCUT2D eigenvalue weighted by Gasteiger charge is 2.14. The van der Waals surface area contributed by atoms with Gasteiger partial charge < -0.3 is 10.5 Å². The number of ether oxygens (including phenoxy) is 1. The Morgan fingerprint density at radius 2 is 2.11 bits per heavy atom. The lowest BCUT2D eigenvalue weighted by Gasteiger charge is -2.22. The Morgan fingerprint density at radius 1 is 1.39 bits per heavy atom. The van der Waals surface area contributed by atoms with Gasteiger partial charge in [-0.25, -0.2) is 4.99 Å². The molecule has 0 aromatic heterocycles. The van der Waals surface area contributed by atoms with Crippen molar-refractivity contribution in [3.8, 4) is 12.0 Å². The summed E-state index contributed by atoms with van der Waals surface area (Å²) in [6, 6.07) is 13.6. The second kappa shape index (κ2) is 5.46. The zero-order chi connectivity index (χ0) is 13.0. The number of amidine groups is 1. The number of aliphatic imine (C=N–C) groups is 1. The fourth-order valence-corrected chi connectivity index (χ4v) is 1.69. The second-order valence-electron chi connectivity index (χ2n) is 4.35. The van der Waals surface area contributed by atoms with Crippen LogP contribution in [0.5, 0.6) is 0 Å². The number of hydrogen-bond acceptors (Lipinski definition) is 4. The molecule has 0 aliphatic carbocycles. The van der Waals surface area contributed by atoms with E-state index >= 15 is 0 Å². The molecule has 0 amide bonds. The van der Waals surface area contributed by atoms with E-state index in [4.69, 9.17) is 10.5 Å². The number of anilines is 1. The topological polar surface area (TPSA) is 50.9 Å². The summed E-state index contributed by atoms with van der Waals surface area (Å²) in [4.78, 5) is 6.10. The molecule has 1 aliphatic rings. The van der Waals surface area contributed by atoms with E-state index in [1.165, 1.54) is 0 Å². The van der Waals surface area contributed by atoms with Gasteiger partial charge in [-0.15, -0.1) is 0 Å². The standard InChI is InChI=1S/C14H17N3O/c1-11(2)17(13-6-4-3-5-7-13)9-8-12-10-18-14(15)16-12/h3-7,11-12H,10H2,1-2H3,(H2,15,16)/t12-/m0/s1. The predicted octanol–water partition coefficient (Wildman–Crippen LogP) is 1.58. The van der Waals surface area contributed by atoms with Crippen LogP contribution in [0, 0.1) is 12.0 Å². The lowest BCUT2D eigenvalue weighted by atomic mass is 10.2. The van der Waals surface area contributed by atoms with Gasteiger partial charge in [0.1, 0.15) is 6.61 Å². The molecule has 1 aromatic carbocycles. The number of rotatable bonds is 2. The van der Waals surface area contributed by atoms with E-state index in [1.54, 1.807) is 0 Å². The van der Waals surface area contributed by atoms with Crippen molar-refractivity contribution in [2.45, 2.75) is 25.9 Å². The first-order valence-corrected chi connectivity index (χ1v) is 5.98. The summed E-state index contributed by atoms with van der Waals surface area (Å²) < 4.78 is 5.07. The normalized spacial score (nSPS) is 17.7. The lowest BCUT2D eigenvalue weighted by molar-refractivity contribution is 0.329. The zero-order valence-corrected chi connectivity index (χ0v) is 10.6. The molecule has 4 heteroatoms. The minimum atomic E-state index is -0.157. The molecule has 4 nitrogen and oxygen atoms in total. The van der Waals surface area contributed by atoms with Crippen LogP contribution in [-0.4, -0.2) is 24.7 Å². The first kappa shape index (κ1) is 12.3. The molecule has 18 heavy (non-hydrogen) atoms. The maximum absolute atomic E-state index is 5.45. The van der Waals surface area contributed by atoms with Gasteiger partial charge in [0.25, 0.3) is 6.02 Å². The van der Waals surface area contributed by atoms with Gasteiger partial charge in [0.2, 0.25) is 0 Å². The fraction of sp³-hybridized carbons (Fsp3) is 0.357. The molecule has 1 aliphatic heterocycles. The van der Waals surface area contributed by atoms with E-state index in [1.807, 2.05) is 35.2 Å². The maximum atomic E-state index is 5.45. The summed E-state index contributed by atoms with van der Waals surface area (Å²) in [5.74, 6) is 3.08. The second-order valence-corrected chi connectivity index (χ2v) is 4.35. The van der Waals surface area contributed by atoms with Crippen LogP contribution in [0.25, 0.3) is 0 Å². The Hall–Kier alpha value is -2.15. The van der Waals surface area contributed by atoms with Crippen molar-refractivity contribution in [1.29, 1.82) is 0 Å². The minimum Gasteiger partial charge on any atom is -0.462 e. The highest BCUT2D eigenvalue weighted by atomic mass is 16.5. The van der Waals surface area contributed by atoms with Gasteiger partial charge in [0, 0.05) is 17.8 Å². The third-order valence-corrected chi connectivity index (χ3v) is 2.57. The maximum Gasteiger partial charge on any atom is 0.283 e. The van der Waals surface area contributed by atoms with Gasteiger partial charge in [0.05, 0.1) is 0 Å². The summed E-state index contributed by atoms with van der Waals surface area (Å²) in [6.45, 7) is 4.65. The quantitative estimate of drug-likeness (QED) is 0.633. The van der Waals surface area contributed by atoms with Crippen LogP contribution in [0.15, 0.2) is 35.3 Å². The van der Waals surface area contributed by atoms with E-state index in [0.29, 0.717) is 12.6 Å². The number of nitrogens with two attached hydrogens (primary N) is 1. The van der Waals surface area contributed by atoms with E-state index in [0.717, 1.165) is 5.69 Å². The molecule has 1 atom stereocenters. The van der Waals surface area contributed by atoms with Gasteiger partial charge in [0.15, 0.2) is 6.04 Å². The van der Waals surface area contributed by atoms with E-state index in [-0.39, 0.29) is 12.1 Å². The van der Waals surface area contributed by atoms with Crippen LogP contribution in [0.2, 0.25) is 0 Å². The molecule has 0 saturated carbocycles. The Bertz CT molecular complexity index is 485. The van der Waals surface area contributed by atoms with Crippen LogP contribution < -0.4 is 10.6 Å². The first-order valence-electron chi connectivity index (χ1n) is 5.98. The lowest BCUT2D eigenvalue weighted by Crippen LogP contribution is -2.25. The van der Waals surface area contributed by atoms with Crippen LogP contribution in [-0.2, 0) is 4.74 Å². The van der Waals surface area contributed by atoms with Crippen molar-refractivity contribution in [3.63, 3.8) is 0 Å². The van der Waals surface area contributed by atoms with Crippen LogP contribution >= 0.6 is 0 Å². The molecule has 1 aromatic rings. The fourth-order valence-electron chi connectivity index (χ4n) is 1.69. The predicted molar refractivity (Wildman–Crippen MR) is 73.2 cm³/mol. The molecular formula is C14H17N3O. The van der Waals surface area contributed by atoms with Gasteiger partial charge in [-0.1, -0.05) is 18.2 Å². The summed E-state index contributed by atoms with van der Waals surface area (Å²) in [6.07, 6.45) is 0. The van der Waals surface area contributed by atoms with Crippen molar-refractivity contribution >= 4 is 11.7 Å². The minimum absolute atomic E-state index is 0.157. The van der Waals surface area contributed by atoms with E-state index in [9.17, 15) is 0 Å². The first-order chi connectivity index (χ1) is 8.66. The third-order valence-electron chi connectivity index (χ3n) is 2.57. The monoisotopic (exact) mass is 243 g/mol. The Morgan fingerprint density at radius 3 is 2.67 bits per heavy atom. The molecule has 94 valence electrons. The van der Waals surface area contributed by atoms with Crippen molar-refractivity contribution in [1.82, 2.24) is 0 Å². The molecule has 0 saturated heterocycles. The van der Waals surface area contributed by atoms with Gasteiger partial charge in [-0.2, -0.15) is 0 Å². The molecule has 0 fully saturated rings. The van der Waals surface area contributed by atoms with Crippen molar-refractivity contribution in [2.75, 3.05) is 11.5 Å². The molecule has 0 spiro atoms. The largest absolute Gasteiger partial charge is 0.462 e. The summed E-state index contributed by atoms with van der Waals surface area (Å²) in [5.41, 5.74) is 6.53. The molecule has 1 heterocycles. The van der Waals surface area contributed by atoms with E-state index < -0.39 is 0 Å². The number of benzene rings is 1. The van der Waals surface area contributed by atoms with Gasteiger partial charge in [-0.3, -0.25) is 4.90 Å². The Labute approximate surface area is 107 Å². The molecule has 0 unspecified atom stereocenters. The van der Waals surface area contributed by atoms with Crippen molar-refractivity contribution < 1.29 is 4.74 Å². The molecular weight excluding hydrogens is 226 g/mol. The SMILES string of the molecule is CC(C)N(C#C[C@H]1COC(N)=N1)c1ccccc1. The van der Waals surface area contributed by atoms with Crippen LogP contribution in [0.1, 0.15) is 13.8 Å². The summed E-state index contributed by atoms with van der Waals surface area (Å²) >= 11 is 0. The highest BCUT2D eigenvalue weighted by molar-refractivity contribution is 5.73. The van der Waals surface area contributed by atoms with Crippen molar-refractivity contribution in [2.24, 2.45) is 10.7 Å². The zero-order valence-electron chi connectivity index (χ0n) is 10.6. The average molecular weight is 243 g/mol. The third kappa shape index (κ3) is 2.95. The molecule has 0 bridgehead atoms. The van der Waals surface area contributed by atoms with Gasteiger partial charge in [-0.05, 0) is 31.9 Å². The van der Waals surface area contributed by atoms with E-state index in [2.05, 4.69) is 30.8 Å². The van der Waals surface area contributed by atoms with Crippen LogP contribution in [0.4, 0.5) is 5.69 Å². The molecule has 2 rings (SSSR count). The number of hydrogen-bond donors (Lipinski definition) is 1. The number of nitrogens with zero attached hydrogens (tertiary/aromatic N) is 2. The smallest absolute Gasteiger partial charge is 0.283 e. The number of para-hydroxylation sites is 1. The summed E-state index contributed by atoms with van der Waals surface area (Å²) in [5, 5.41) is 0. The molecule has 0 radical (unpaired) electrons. The van der Waals surface area contributed by atoms with Crippen molar-refractivity contribution in [3.05, 3.63) is 30.3 Å². The van der Waals surface area contributed by atoms with Crippen LogP contribution in [0.3, 0.4) is 0 Å². The summed E-state index contributed by atoms with van der Waals surface area (Å²) in [7, 11) is 0.